The molecule has 0 fully saturated rings. The van der Waals surface area contributed by atoms with Gasteiger partial charge in [-0.25, -0.2) is 8.78 Å². The summed E-state index contributed by atoms with van der Waals surface area (Å²) < 4.78 is 26.2. The fourth-order valence-corrected chi connectivity index (χ4v) is 2.10. The minimum absolute atomic E-state index is 0.0531. The SMILES string of the molecule is Cc1cc(Cl)c(C(=O)c2cc(F)cc(F)c2)cc1C. The zero-order valence-corrected chi connectivity index (χ0v) is 11.2. The van der Waals surface area contributed by atoms with E-state index in [0.29, 0.717) is 0 Å². The molecule has 0 saturated heterocycles. The molecule has 2 aromatic carbocycles. The van der Waals surface area contributed by atoms with Crippen molar-refractivity contribution in [3.63, 3.8) is 0 Å². The highest BCUT2D eigenvalue weighted by molar-refractivity contribution is 6.35. The second-order valence-electron chi connectivity index (χ2n) is 4.40. The molecule has 0 heterocycles. The normalized spacial score (nSPS) is 10.6. The minimum atomic E-state index is -0.789. The van der Waals surface area contributed by atoms with Crippen molar-refractivity contribution in [2.75, 3.05) is 0 Å². The molecule has 2 aromatic rings. The van der Waals surface area contributed by atoms with E-state index < -0.39 is 17.4 Å². The van der Waals surface area contributed by atoms with Crippen molar-refractivity contribution < 1.29 is 13.6 Å². The summed E-state index contributed by atoms with van der Waals surface area (Å²) in [5.41, 5.74) is 2.04. The predicted molar refractivity (Wildman–Crippen MR) is 70.7 cm³/mol. The van der Waals surface area contributed by atoms with Gasteiger partial charge in [0.25, 0.3) is 0 Å². The van der Waals surface area contributed by atoms with Crippen LogP contribution in [0.3, 0.4) is 0 Å². The summed E-state index contributed by atoms with van der Waals surface area (Å²) in [4.78, 5) is 12.2. The van der Waals surface area contributed by atoms with Crippen molar-refractivity contribution in [2.24, 2.45) is 0 Å². The second kappa shape index (κ2) is 5.10. The van der Waals surface area contributed by atoms with Crippen LogP contribution in [0.5, 0.6) is 0 Å². The number of ketones is 1. The molecule has 1 nitrogen and oxygen atoms in total. The third kappa shape index (κ3) is 2.82. The molecule has 98 valence electrons. The maximum Gasteiger partial charge on any atom is 0.194 e. The van der Waals surface area contributed by atoms with Gasteiger partial charge in [-0.2, -0.15) is 0 Å². The Kier molecular flexibility index (Phi) is 3.67. The average Bonchev–Trinajstić information content (AvgIpc) is 2.31. The highest BCUT2D eigenvalue weighted by Gasteiger charge is 2.16. The van der Waals surface area contributed by atoms with Gasteiger partial charge in [-0.1, -0.05) is 11.6 Å². The molecular weight excluding hydrogens is 270 g/mol. The Morgan fingerprint density at radius 3 is 2.05 bits per heavy atom. The second-order valence-corrected chi connectivity index (χ2v) is 4.81. The van der Waals surface area contributed by atoms with E-state index in [-0.39, 0.29) is 16.1 Å². The molecule has 0 aliphatic rings. The monoisotopic (exact) mass is 280 g/mol. The number of halogens is 3. The summed E-state index contributed by atoms with van der Waals surface area (Å²) in [5.74, 6) is -2.07. The van der Waals surface area contributed by atoms with Gasteiger partial charge in [0.2, 0.25) is 0 Å². The Morgan fingerprint density at radius 1 is 0.947 bits per heavy atom. The summed E-state index contributed by atoms with van der Waals surface area (Å²) >= 11 is 6.02. The first-order valence-electron chi connectivity index (χ1n) is 5.66. The average molecular weight is 281 g/mol. The number of hydrogen-bond acceptors (Lipinski definition) is 1. The van der Waals surface area contributed by atoms with Crippen molar-refractivity contribution in [1.82, 2.24) is 0 Å². The van der Waals surface area contributed by atoms with E-state index in [1.54, 1.807) is 12.1 Å². The highest BCUT2D eigenvalue weighted by atomic mass is 35.5. The third-order valence-electron chi connectivity index (χ3n) is 2.95. The largest absolute Gasteiger partial charge is 0.289 e. The fraction of sp³-hybridized carbons (Fsp3) is 0.133. The molecule has 0 atom stereocenters. The van der Waals surface area contributed by atoms with Crippen LogP contribution in [-0.4, -0.2) is 5.78 Å². The molecule has 0 aliphatic heterocycles. The van der Waals surface area contributed by atoms with E-state index in [2.05, 4.69) is 0 Å². The quantitative estimate of drug-likeness (QED) is 0.742. The maximum atomic E-state index is 13.1. The molecule has 2 rings (SSSR count). The van der Waals surface area contributed by atoms with Crippen molar-refractivity contribution in [3.05, 3.63) is 69.2 Å². The van der Waals surface area contributed by atoms with Gasteiger partial charge in [-0.3, -0.25) is 4.79 Å². The lowest BCUT2D eigenvalue weighted by Crippen LogP contribution is -2.04. The maximum absolute atomic E-state index is 13.1. The Balaban J connectivity index is 2.53. The first-order valence-corrected chi connectivity index (χ1v) is 6.04. The topological polar surface area (TPSA) is 17.1 Å². The van der Waals surface area contributed by atoms with Gasteiger partial charge in [0.1, 0.15) is 11.6 Å². The van der Waals surface area contributed by atoms with Crippen LogP contribution in [0.4, 0.5) is 8.78 Å². The molecule has 0 aromatic heterocycles. The summed E-state index contributed by atoms with van der Waals surface area (Å²) in [5, 5.41) is 0.276. The van der Waals surface area contributed by atoms with Crippen molar-refractivity contribution in [3.8, 4) is 0 Å². The molecule has 0 amide bonds. The summed E-state index contributed by atoms with van der Waals surface area (Å²) in [7, 11) is 0. The van der Waals surface area contributed by atoms with E-state index in [1.165, 1.54) is 0 Å². The van der Waals surface area contributed by atoms with E-state index in [0.717, 1.165) is 29.3 Å². The van der Waals surface area contributed by atoms with Crippen LogP contribution in [0.15, 0.2) is 30.3 Å². The Labute approximate surface area is 114 Å². The van der Waals surface area contributed by atoms with E-state index in [4.69, 9.17) is 11.6 Å². The van der Waals surface area contributed by atoms with Crippen LogP contribution in [0.25, 0.3) is 0 Å². The van der Waals surface area contributed by atoms with Gasteiger partial charge in [-0.15, -0.1) is 0 Å². The number of carbonyl (C=O) groups excluding carboxylic acids is 1. The smallest absolute Gasteiger partial charge is 0.194 e. The van der Waals surface area contributed by atoms with Crippen LogP contribution in [0.1, 0.15) is 27.0 Å². The van der Waals surface area contributed by atoms with Crippen LogP contribution >= 0.6 is 11.6 Å². The first-order chi connectivity index (χ1) is 8.88. The predicted octanol–water partition coefficient (Wildman–Crippen LogP) is 4.47. The number of carbonyl (C=O) groups is 1. The van der Waals surface area contributed by atoms with Gasteiger partial charge in [0, 0.05) is 17.2 Å². The number of aryl methyl sites for hydroxylation is 2. The highest BCUT2D eigenvalue weighted by Crippen LogP contribution is 2.24. The Hall–Kier alpha value is -1.74. The van der Waals surface area contributed by atoms with Gasteiger partial charge >= 0.3 is 0 Å². The van der Waals surface area contributed by atoms with E-state index >= 15 is 0 Å². The molecule has 0 unspecified atom stereocenters. The molecule has 0 aliphatic carbocycles. The van der Waals surface area contributed by atoms with Crippen LogP contribution in [-0.2, 0) is 0 Å². The Bertz CT molecular complexity index is 645. The summed E-state index contributed by atoms with van der Waals surface area (Å²) in [6.45, 7) is 3.71. The number of benzene rings is 2. The zero-order chi connectivity index (χ0) is 14.2. The molecule has 19 heavy (non-hydrogen) atoms. The standard InChI is InChI=1S/C15H11ClF2O/c1-8-3-13(14(16)4-9(8)2)15(19)10-5-11(17)7-12(18)6-10/h3-7H,1-2H3. The molecule has 0 bridgehead atoms. The third-order valence-corrected chi connectivity index (χ3v) is 3.27. The summed E-state index contributed by atoms with van der Waals surface area (Å²) in [6, 6.07) is 6.01. The number of rotatable bonds is 2. The lowest BCUT2D eigenvalue weighted by Gasteiger charge is -2.08. The van der Waals surface area contributed by atoms with E-state index in [1.807, 2.05) is 13.8 Å². The number of hydrogen-bond donors (Lipinski definition) is 0. The molecular formula is C15H11ClF2O. The molecule has 0 spiro atoms. The first kappa shape index (κ1) is 13.7. The lowest BCUT2D eigenvalue weighted by molar-refractivity contribution is 0.103. The summed E-state index contributed by atoms with van der Waals surface area (Å²) in [6.07, 6.45) is 0. The van der Waals surface area contributed by atoms with Crippen molar-refractivity contribution in [2.45, 2.75) is 13.8 Å². The molecule has 0 saturated carbocycles. The van der Waals surface area contributed by atoms with Crippen LogP contribution in [0, 0.1) is 25.5 Å². The zero-order valence-electron chi connectivity index (χ0n) is 10.4. The fourth-order valence-electron chi connectivity index (χ4n) is 1.80. The lowest BCUT2D eigenvalue weighted by atomic mass is 9.99. The van der Waals surface area contributed by atoms with Crippen LogP contribution < -0.4 is 0 Å². The molecule has 0 N–H and O–H groups in total. The molecule has 4 heteroatoms. The van der Waals surface area contributed by atoms with Crippen molar-refractivity contribution in [1.29, 1.82) is 0 Å². The van der Waals surface area contributed by atoms with Crippen LogP contribution in [0.2, 0.25) is 5.02 Å². The van der Waals surface area contributed by atoms with E-state index in [9.17, 15) is 13.6 Å². The van der Waals surface area contributed by atoms with Gasteiger partial charge < -0.3 is 0 Å². The van der Waals surface area contributed by atoms with Gasteiger partial charge in [0.15, 0.2) is 5.78 Å². The minimum Gasteiger partial charge on any atom is -0.289 e. The van der Waals surface area contributed by atoms with Crippen molar-refractivity contribution >= 4 is 17.4 Å². The van der Waals surface area contributed by atoms with Gasteiger partial charge in [-0.05, 0) is 49.2 Å². The molecule has 0 radical (unpaired) electrons. The van der Waals surface area contributed by atoms with Gasteiger partial charge in [0.05, 0.1) is 5.02 Å². The Morgan fingerprint density at radius 2 is 1.47 bits per heavy atom.